The van der Waals surface area contributed by atoms with Crippen LogP contribution in [0.3, 0.4) is 0 Å². The van der Waals surface area contributed by atoms with Crippen LogP contribution in [0.15, 0.2) is 24.3 Å². The van der Waals surface area contributed by atoms with Crippen molar-refractivity contribution in [1.82, 2.24) is 0 Å². The van der Waals surface area contributed by atoms with Gasteiger partial charge in [-0.3, -0.25) is 4.55 Å². The average Bonchev–Trinajstić information content (AvgIpc) is 2.34. The molecule has 3 N–H and O–H groups in total. The van der Waals surface area contributed by atoms with Crippen molar-refractivity contribution in [2.24, 2.45) is 0 Å². The summed E-state index contributed by atoms with van der Waals surface area (Å²) in [5, 5.41) is 0. The number of rotatable bonds is 4. The molecule has 0 atom stereocenters. The Morgan fingerprint density at radius 2 is 1.46 bits per heavy atom. The lowest BCUT2D eigenvalue weighted by Gasteiger charge is -2.35. The summed E-state index contributed by atoms with van der Waals surface area (Å²) >= 11 is 0. The molecule has 0 aromatic heterocycles. The van der Waals surface area contributed by atoms with E-state index >= 15 is 0 Å². The number of hydrogen-bond donors (Lipinski definition) is 2. The molecule has 6 nitrogen and oxygen atoms in total. The van der Waals surface area contributed by atoms with Crippen molar-refractivity contribution >= 4 is 21.8 Å². The maximum atomic E-state index is 12.9. The normalized spacial score (nSPS) is 13.6. The van der Waals surface area contributed by atoms with Crippen LogP contribution in [0.4, 0.5) is 32.0 Å². The van der Waals surface area contributed by atoms with E-state index in [0.717, 1.165) is 24.3 Å². The third kappa shape index (κ3) is 4.29. The van der Waals surface area contributed by atoms with E-state index in [2.05, 4.69) is 4.74 Å². The van der Waals surface area contributed by atoms with Gasteiger partial charge in [0.2, 0.25) is 0 Å². The fraction of sp³-hybridized carbons (Fsp3) is 0.364. The third-order valence-electron chi connectivity index (χ3n) is 2.71. The highest BCUT2D eigenvalue weighted by Gasteiger charge is 2.76. The summed E-state index contributed by atoms with van der Waals surface area (Å²) in [7, 11) is -5.82. The molecule has 0 aliphatic carbocycles. The van der Waals surface area contributed by atoms with Gasteiger partial charge in [-0.05, 0) is 24.3 Å². The van der Waals surface area contributed by atoms with Crippen molar-refractivity contribution in [3.05, 3.63) is 29.8 Å². The third-order valence-corrected chi connectivity index (χ3v) is 3.49. The van der Waals surface area contributed by atoms with Crippen LogP contribution in [-0.4, -0.2) is 42.6 Å². The molecule has 0 amide bonds. The van der Waals surface area contributed by atoms with Gasteiger partial charge in [0.25, 0.3) is 10.1 Å². The minimum atomic E-state index is -6.37. The molecule has 0 fully saturated rings. The quantitative estimate of drug-likeness (QED) is 0.358. The molecular weight excluding hydrogens is 372 g/mol. The molecular formula is C11H9F6NO5S. The zero-order valence-corrected chi connectivity index (χ0v) is 12.2. The second kappa shape index (κ2) is 6.12. The van der Waals surface area contributed by atoms with Crippen molar-refractivity contribution in [3.63, 3.8) is 0 Å². The van der Waals surface area contributed by atoms with Crippen LogP contribution < -0.4 is 5.73 Å². The monoisotopic (exact) mass is 381 g/mol. The summed E-state index contributed by atoms with van der Waals surface area (Å²) in [6, 6.07) is 3.57. The van der Waals surface area contributed by atoms with Crippen LogP contribution in [0.2, 0.25) is 0 Å². The molecule has 1 aromatic rings. The first-order valence-electron chi connectivity index (χ1n) is 5.76. The van der Waals surface area contributed by atoms with Crippen molar-refractivity contribution in [3.8, 4) is 0 Å². The molecule has 136 valence electrons. The number of carbonyl (C=O) groups excluding carboxylic acids is 1. The summed E-state index contributed by atoms with van der Waals surface area (Å²) in [6.07, 6.45) is -12.7. The number of hydrogen-bond acceptors (Lipinski definition) is 5. The van der Waals surface area contributed by atoms with Crippen molar-refractivity contribution < 1.29 is 48.8 Å². The van der Waals surface area contributed by atoms with E-state index in [-0.39, 0.29) is 5.69 Å². The van der Waals surface area contributed by atoms with E-state index in [1.54, 1.807) is 0 Å². The lowest BCUT2D eigenvalue weighted by atomic mass is 10.1. The molecule has 0 bridgehead atoms. The van der Waals surface area contributed by atoms with E-state index in [4.69, 9.17) is 10.3 Å². The number of halogens is 6. The molecule has 0 aliphatic rings. The van der Waals surface area contributed by atoms with Gasteiger partial charge in [-0.25, -0.2) is 4.79 Å². The molecule has 0 saturated heterocycles. The number of ether oxygens (including phenoxy) is 1. The van der Waals surface area contributed by atoms with Gasteiger partial charge in [0, 0.05) is 5.69 Å². The average molecular weight is 381 g/mol. The molecule has 0 radical (unpaired) electrons. The Balaban J connectivity index is 3.42. The summed E-state index contributed by atoms with van der Waals surface area (Å²) in [5.41, 5.74) is -0.868. The topological polar surface area (TPSA) is 107 Å². The summed E-state index contributed by atoms with van der Waals surface area (Å²) in [6.45, 7) is 0. The zero-order chi connectivity index (χ0) is 19.0. The Morgan fingerprint density at radius 1 is 1.04 bits per heavy atom. The lowest BCUT2D eigenvalue weighted by molar-refractivity contribution is -0.356. The standard InChI is InChI=1S/C11H9F6NO5S/c12-10(13,14)9(11(15,16)17,5-24(20,21)22)23-8(19)6-1-3-7(18)4-2-6/h1-4H,5,18H2,(H,20,21,22). The second-order valence-electron chi connectivity index (χ2n) is 4.56. The molecule has 1 aromatic carbocycles. The van der Waals surface area contributed by atoms with E-state index < -0.39 is 45.4 Å². The number of benzene rings is 1. The molecule has 0 aliphatic heterocycles. The maximum Gasteiger partial charge on any atom is 0.438 e. The molecule has 24 heavy (non-hydrogen) atoms. The SMILES string of the molecule is Nc1ccc(C(=O)OC(CS(=O)(=O)O)(C(F)(F)F)C(F)(F)F)cc1. The minimum absolute atomic E-state index is 0.0578. The number of anilines is 1. The largest absolute Gasteiger partial charge is 0.438 e. The maximum absolute atomic E-state index is 12.9. The number of nitrogens with two attached hydrogens (primary N) is 1. The molecule has 1 rings (SSSR count). The first-order chi connectivity index (χ1) is 10.6. The van der Waals surface area contributed by atoms with E-state index in [0.29, 0.717) is 0 Å². The number of esters is 1. The fourth-order valence-corrected chi connectivity index (χ4v) is 2.46. The van der Waals surface area contributed by atoms with Gasteiger partial charge in [0.15, 0.2) is 0 Å². The van der Waals surface area contributed by atoms with Gasteiger partial charge in [-0.1, -0.05) is 0 Å². The molecule has 0 unspecified atom stereocenters. The van der Waals surface area contributed by atoms with Crippen LogP contribution in [0.5, 0.6) is 0 Å². The van der Waals surface area contributed by atoms with Gasteiger partial charge >= 0.3 is 23.9 Å². The highest BCUT2D eigenvalue weighted by molar-refractivity contribution is 7.85. The van der Waals surface area contributed by atoms with Gasteiger partial charge < -0.3 is 10.5 Å². The number of nitrogen functional groups attached to an aromatic ring is 1. The second-order valence-corrected chi connectivity index (χ2v) is 6.01. The van der Waals surface area contributed by atoms with Crippen molar-refractivity contribution in [2.75, 3.05) is 11.5 Å². The predicted molar refractivity (Wildman–Crippen MR) is 67.5 cm³/mol. The summed E-state index contributed by atoms with van der Waals surface area (Å²) < 4.78 is 111. The molecule has 0 heterocycles. The van der Waals surface area contributed by atoms with Crippen LogP contribution in [0, 0.1) is 0 Å². The lowest BCUT2D eigenvalue weighted by Crippen LogP contribution is -2.63. The Hall–Kier alpha value is -2.02. The first kappa shape index (κ1) is 20.0. The van der Waals surface area contributed by atoms with Crippen LogP contribution in [-0.2, 0) is 14.9 Å². The van der Waals surface area contributed by atoms with E-state index in [1.807, 2.05) is 0 Å². The highest BCUT2D eigenvalue weighted by Crippen LogP contribution is 2.47. The van der Waals surface area contributed by atoms with Gasteiger partial charge in [-0.2, -0.15) is 34.8 Å². The first-order valence-corrected chi connectivity index (χ1v) is 7.37. The van der Waals surface area contributed by atoms with Crippen LogP contribution >= 0.6 is 0 Å². The smallest absolute Gasteiger partial charge is 0.435 e. The minimum Gasteiger partial charge on any atom is -0.435 e. The Bertz CT molecular complexity index is 696. The predicted octanol–water partition coefficient (Wildman–Crippen LogP) is 2.18. The summed E-state index contributed by atoms with van der Waals surface area (Å²) in [4.78, 5) is 11.6. The Labute approximate surface area is 130 Å². The highest BCUT2D eigenvalue weighted by atomic mass is 32.2. The van der Waals surface area contributed by atoms with Crippen LogP contribution in [0.1, 0.15) is 10.4 Å². The van der Waals surface area contributed by atoms with E-state index in [1.165, 1.54) is 0 Å². The molecule has 0 saturated carbocycles. The Morgan fingerprint density at radius 3 is 1.79 bits per heavy atom. The van der Waals surface area contributed by atoms with Crippen molar-refractivity contribution in [2.45, 2.75) is 18.0 Å². The van der Waals surface area contributed by atoms with Crippen molar-refractivity contribution in [1.29, 1.82) is 0 Å². The number of alkyl halides is 6. The molecule has 13 heteroatoms. The zero-order valence-electron chi connectivity index (χ0n) is 11.4. The van der Waals surface area contributed by atoms with Crippen LogP contribution in [0.25, 0.3) is 0 Å². The van der Waals surface area contributed by atoms with E-state index in [9.17, 15) is 39.6 Å². The molecule has 0 spiro atoms. The Kier molecular flexibility index (Phi) is 5.11. The van der Waals surface area contributed by atoms with Gasteiger partial charge in [0.1, 0.15) is 5.75 Å². The van der Waals surface area contributed by atoms with Gasteiger partial charge in [-0.15, -0.1) is 0 Å². The fourth-order valence-electron chi connectivity index (χ4n) is 1.56. The summed E-state index contributed by atoms with van der Waals surface area (Å²) in [5.74, 6) is -5.04. The van der Waals surface area contributed by atoms with Gasteiger partial charge in [0.05, 0.1) is 5.56 Å². The number of carbonyl (C=O) groups is 1.